The van der Waals surface area contributed by atoms with Gasteiger partial charge in [0.2, 0.25) is 0 Å². The SMILES string of the molecule is Cc1ccc(Cl)cc1-n1ccn(CC(=O)c2ccc(F)cc2)c(=O)c1=O. The number of carbonyl (C=O) groups is 1. The Bertz CT molecular complexity index is 1100. The normalized spacial score (nSPS) is 10.7. The quantitative estimate of drug-likeness (QED) is 0.522. The van der Waals surface area contributed by atoms with E-state index in [0.29, 0.717) is 10.7 Å². The van der Waals surface area contributed by atoms with Crippen LogP contribution in [0.2, 0.25) is 5.02 Å². The molecule has 0 unspecified atom stereocenters. The van der Waals surface area contributed by atoms with Crippen molar-refractivity contribution < 1.29 is 9.18 Å². The molecular weight excluding hydrogens is 359 g/mol. The van der Waals surface area contributed by atoms with Crippen LogP contribution >= 0.6 is 11.6 Å². The van der Waals surface area contributed by atoms with Crippen LogP contribution in [0.1, 0.15) is 15.9 Å². The molecule has 0 aliphatic rings. The van der Waals surface area contributed by atoms with Gasteiger partial charge in [0.25, 0.3) is 0 Å². The lowest BCUT2D eigenvalue weighted by atomic mass is 10.1. The third-order valence-corrected chi connectivity index (χ3v) is 4.20. The maximum Gasteiger partial charge on any atom is 0.320 e. The van der Waals surface area contributed by atoms with Gasteiger partial charge in [-0.1, -0.05) is 17.7 Å². The van der Waals surface area contributed by atoms with Gasteiger partial charge in [-0.05, 0) is 48.9 Å². The molecule has 0 spiro atoms. The largest absolute Gasteiger partial charge is 0.320 e. The first-order valence-corrected chi connectivity index (χ1v) is 8.12. The number of aryl methyl sites for hydroxylation is 1. The summed E-state index contributed by atoms with van der Waals surface area (Å²) >= 11 is 5.97. The summed E-state index contributed by atoms with van der Waals surface area (Å²) in [5, 5.41) is 0.438. The summed E-state index contributed by atoms with van der Waals surface area (Å²) in [4.78, 5) is 37.0. The lowest BCUT2D eigenvalue weighted by Crippen LogP contribution is -2.41. The standard InChI is InChI=1S/C19H14ClFN2O3/c1-12-2-5-14(20)10-16(12)23-9-8-22(18(25)19(23)26)11-17(24)13-3-6-15(21)7-4-13/h2-10H,11H2,1H3. The Balaban J connectivity index is 1.96. The molecule has 0 saturated carbocycles. The predicted octanol–water partition coefficient (Wildman–Crippen LogP) is 2.98. The van der Waals surface area contributed by atoms with E-state index < -0.39 is 22.7 Å². The van der Waals surface area contributed by atoms with Crippen molar-refractivity contribution in [2.45, 2.75) is 13.5 Å². The Morgan fingerprint density at radius 3 is 2.42 bits per heavy atom. The summed E-state index contributed by atoms with van der Waals surface area (Å²) in [6, 6.07) is 10.0. The Hall–Kier alpha value is -2.99. The summed E-state index contributed by atoms with van der Waals surface area (Å²) < 4.78 is 15.2. The number of benzene rings is 2. The molecule has 5 nitrogen and oxygen atoms in total. The summed E-state index contributed by atoms with van der Waals surface area (Å²) in [5.74, 6) is -0.860. The number of nitrogens with zero attached hydrogens (tertiary/aromatic N) is 2. The molecule has 1 heterocycles. The number of hydrogen-bond acceptors (Lipinski definition) is 3. The summed E-state index contributed by atoms with van der Waals surface area (Å²) in [6.07, 6.45) is 2.78. The van der Waals surface area contributed by atoms with Crippen molar-refractivity contribution in [3.8, 4) is 5.69 Å². The number of hydrogen-bond donors (Lipinski definition) is 0. The van der Waals surface area contributed by atoms with E-state index in [-0.39, 0.29) is 12.1 Å². The second-order valence-electron chi connectivity index (χ2n) is 5.77. The zero-order chi connectivity index (χ0) is 18.8. The minimum absolute atomic E-state index is 0.258. The lowest BCUT2D eigenvalue weighted by molar-refractivity contribution is 0.0970. The van der Waals surface area contributed by atoms with Gasteiger partial charge in [-0.3, -0.25) is 19.0 Å². The Labute approximate surface area is 152 Å². The van der Waals surface area contributed by atoms with Crippen LogP contribution in [0.5, 0.6) is 0 Å². The van der Waals surface area contributed by atoms with Gasteiger partial charge in [0.05, 0.1) is 12.2 Å². The van der Waals surface area contributed by atoms with Crippen LogP contribution in [-0.4, -0.2) is 14.9 Å². The van der Waals surface area contributed by atoms with Gasteiger partial charge in [-0.2, -0.15) is 0 Å². The molecule has 3 aromatic rings. The number of aromatic nitrogens is 2. The predicted molar refractivity (Wildman–Crippen MR) is 96.8 cm³/mol. The van der Waals surface area contributed by atoms with E-state index in [1.807, 2.05) is 0 Å². The number of halogens is 2. The highest BCUT2D eigenvalue weighted by Gasteiger charge is 2.13. The molecule has 2 aromatic carbocycles. The summed E-state index contributed by atoms with van der Waals surface area (Å²) in [6.45, 7) is 1.48. The number of carbonyl (C=O) groups excluding carboxylic acids is 1. The van der Waals surface area contributed by atoms with Crippen molar-refractivity contribution in [3.05, 3.63) is 97.5 Å². The van der Waals surface area contributed by atoms with Crippen molar-refractivity contribution >= 4 is 17.4 Å². The third kappa shape index (κ3) is 3.50. The first-order chi connectivity index (χ1) is 12.4. The van der Waals surface area contributed by atoms with Gasteiger partial charge in [-0.15, -0.1) is 0 Å². The molecular formula is C19H14ClFN2O3. The minimum Gasteiger partial charge on any atom is -0.301 e. The fourth-order valence-corrected chi connectivity index (χ4v) is 2.71. The maximum absolute atomic E-state index is 12.9. The number of ketones is 1. The number of rotatable bonds is 4. The van der Waals surface area contributed by atoms with E-state index in [9.17, 15) is 18.8 Å². The number of Topliss-reactive ketones (excluding diaryl/α,β-unsaturated/α-hetero) is 1. The highest BCUT2D eigenvalue weighted by Crippen LogP contribution is 2.17. The van der Waals surface area contributed by atoms with E-state index in [1.54, 1.807) is 25.1 Å². The maximum atomic E-state index is 12.9. The molecule has 3 rings (SSSR count). The van der Waals surface area contributed by atoms with Crippen molar-refractivity contribution in [3.63, 3.8) is 0 Å². The molecule has 0 aliphatic carbocycles. The molecule has 26 heavy (non-hydrogen) atoms. The van der Waals surface area contributed by atoms with Crippen LogP contribution in [0.15, 0.2) is 64.4 Å². The fraction of sp³-hybridized carbons (Fsp3) is 0.105. The topological polar surface area (TPSA) is 61.1 Å². The van der Waals surface area contributed by atoms with E-state index in [0.717, 1.165) is 22.3 Å². The van der Waals surface area contributed by atoms with Gasteiger partial charge in [0, 0.05) is 23.0 Å². The highest BCUT2D eigenvalue weighted by molar-refractivity contribution is 6.30. The molecule has 0 atom stereocenters. The second kappa shape index (κ2) is 7.09. The Morgan fingerprint density at radius 2 is 1.73 bits per heavy atom. The molecule has 0 amide bonds. The van der Waals surface area contributed by atoms with Gasteiger partial charge in [-0.25, -0.2) is 4.39 Å². The van der Waals surface area contributed by atoms with Crippen molar-refractivity contribution in [1.29, 1.82) is 0 Å². The van der Waals surface area contributed by atoms with Crippen LogP contribution in [-0.2, 0) is 6.54 Å². The molecule has 0 saturated heterocycles. The lowest BCUT2D eigenvalue weighted by Gasteiger charge is -2.11. The third-order valence-electron chi connectivity index (χ3n) is 3.97. The van der Waals surface area contributed by atoms with Gasteiger partial charge >= 0.3 is 11.1 Å². The molecule has 0 radical (unpaired) electrons. The second-order valence-corrected chi connectivity index (χ2v) is 6.20. The van der Waals surface area contributed by atoms with Crippen LogP contribution in [0.25, 0.3) is 5.69 Å². The van der Waals surface area contributed by atoms with Gasteiger partial charge in [0.15, 0.2) is 5.78 Å². The smallest absolute Gasteiger partial charge is 0.301 e. The first kappa shape index (κ1) is 17.8. The average molecular weight is 373 g/mol. The minimum atomic E-state index is -0.831. The van der Waals surface area contributed by atoms with Crippen molar-refractivity contribution in [2.75, 3.05) is 0 Å². The zero-order valence-electron chi connectivity index (χ0n) is 13.8. The molecule has 1 aromatic heterocycles. The van der Waals surface area contributed by atoms with Crippen LogP contribution in [0, 0.1) is 12.7 Å². The summed E-state index contributed by atoms with van der Waals surface area (Å²) in [5.41, 5.74) is -0.0899. The molecule has 0 bridgehead atoms. The molecule has 0 fully saturated rings. The monoisotopic (exact) mass is 372 g/mol. The van der Waals surface area contributed by atoms with Crippen molar-refractivity contribution in [2.24, 2.45) is 0 Å². The van der Waals surface area contributed by atoms with E-state index in [2.05, 4.69) is 0 Å². The molecule has 0 N–H and O–H groups in total. The molecule has 132 valence electrons. The van der Waals surface area contributed by atoms with Crippen LogP contribution in [0.4, 0.5) is 4.39 Å². The Morgan fingerprint density at radius 1 is 1.04 bits per heavy atom. The summed E-state index contributed by atoms with van der Waals surface area (Å²) in [7, 11) is 0. The highest BCUT2D eigenvalue weighted by atomic mass is 35.5. The van der Waals surface area contributed by atoms with E-state index >= 15 is 0 Å². The Kier molecular flexibility index (Phi) is 4.86. The van der Waals surface area contributed by atoms with Crippen LogP contribution < -0.4 is 11.1 Å². The average Bonchev–Trinajstić information content (AvgIpc) is 2.62. The first-order valence-electron chi connectivity index (χ1n) is 7.74. The van der Waals surface area contributed by atoms with Gasteiger partial charge in [0.1, 0.15) is 5.82 Å². The van der Waals surface area contributed by atoms with Crippen molar-refractivity contribution in [1.82, 2.24) is 9.13 Å². The van der Waals surface area contributed by atoms with E-state index in [1.165, 1.54) is 29.1 Å². The van der Waals surface area contributed by atoms with Crippen LogP contribution in [0.3, 0.4) is 0 Å². The molecule has 7 heteroatoms. The fourth-order valence-electron chi connectivity index (χ4n) is 2.55. The van der Waals surface area contributed by atoms with Gasteiger partial charge < -0.3 is 4.57 Å². The van der Waals surface area contributed by atoms with E-state index in [4.69, 9.17) is 11.6 Å². The zero-order valence-corrected chi connectivity index (χ0v) is 14.5. The molecule has 0 aliphatic heterocycles.